The van der Waals surface area contributed by atoms with Crippen molar-refractivity contribution >= 4 is 33.0 Å². The topological polar surface area (TPSA) is 75.7 Å². The standard InChI is InChI=1S/C22H18ClF5N2O4S/c1-35(32,33)10-19(31)30-11-20(25,12-30)14-4-2-13(3-5-14)18-9-21(34-29-18,22(26,27)28)15-6-16(23)8-17(24)7-15/h2-9,29H,10-12H2,1H3. The van der Waals surface area contributed by atoms with Crippen molar-refractivity contribution in [1.29, 1.82) is 0 Å². The molecule has 2 aromatic rings. The molecule has 2 aliphatic rings. The molecule has 2 aliphatic heterocycles. The number of amides is 1. The summed E-state index contributed by atoms with van der Waals surface area (Å²) in [5, 5.41) is -0.240. The average molecular weight is 537 g/mol. The number of hydrogen-bond acceptors (Lipinski definition) is 5. The second-order valence-corrected chi connectivity index (χ2v) is 11.1. The summed E-state index contributed by atoms with van der Waals surface area (Å²) in [5.41, 5.74) is -2.97. The van der Waals surface area contributed by atoms with Gasteiger partial charge in [0, 0.05) is 16.8 Å². The summed E-state index contributed by atoms with van der Waals surface area (Å²) in [4.78, 5) is 17.9. The van der Waals surface area contributed by atoms with Crippen molar-refractivity contribution in [3.05, 3.63) is 76.1 Å². The molecule has 1 N–H and O–H groups in total. The first-order chi connectivity index (χ1) is 16.1. The number of hydrogen-bond donors (Lipinski definition) is 1. The summed E-state index contributed by atoms with van der Waals surface area (Å²) >= 11 is 5.74. The van der Waals surface area contributed by atoms with Crippen LogP contribution in [0.5, 0.6) is 0 Å². The molecule has 35 heavy (non-hydrogen) atoms. The SMILES string of the molecule is CS(=O)(=O)CC(=O)N1CC(F)(c2ccc(C3=CC(c4cc(F)cc(Cl)c4)(C(F)(F)F)ON3)cc2)C1. The second-order valence-electron chi connectivity index (χ2n) is 8.52. The molecular weight excluding hydrogens is 519 g/mol. The van der Waals surface area contributed by atoms with E-state index >= 15 is 4.39 Å². The predicted octanol–water partition coefficient (Wildman–Crippen LogP) is 3.86. The number of hydroxylamine groups is 1. The maximum atomic E-state index is 15.2. The Bertz CT molecular complexity index is 1290. The number of carbonyl (C=O) groups is 1. The van der Waals surface area contributed by atoms with Crippen LogP contribution >= 0.6 is 11.6 Å². The number of likely N-dealkylation sites (tertiary alicyclic amines) is 1. The molecule has 4 rings (SSSR count). The van der Waals surface area contributed by atoms with E-state index in [0.717, 1.165) is 29.4 Å². The van der Waals surface area contributed by atoms with E-state index in [9.17, 15) is 30.8 Å². The van der Waals surface area contributed by atoms with Gasteiger partial charge in [-0.1, -0.05) is 35.9 Å². The van der Waals surface area contributed by atoms with Crippen LogP contribution in [0, 0.1) is 5.82 Å². The third-order valence-electron chi connectivity index (χ3n) is 5.72. The maximum Gasteiger partial charge on any atom is 0.428 e. The third kappa shape index (κ3) is 4.87. The summed E-state index contributed by atoms with van der Waals surface area (Å²) < 4.78 is 93.6. The van der Waals surface area contributed by atoms with Crippen LogP contribution in [-0.2, 0) is 30.7 Å². The van der Waals surface area contributed by atoms with Gasteiger partial charge < -0.3 is 4.90 Å². The highest BCUT2D eigenvalue weighted by Gasteiger charge is 2.60. The van der Waals surface area contributed by atoms with Gasteiger partial charge in [0.1, 0.15) is 11.6 Å². The van der Waals surface area contributed by atoms with Gasteiger partial charge in [-0.05, 0) is 35.4 Å². The van der Waals surface area contributed by atoms with Gasteiger partial charge in [-0.3, -0.25) is 15.1 Å². The lowest BCUT2D eigenvalue weighted by Gasteiger charge is -2.44. The van der Waals surface area contributed by atoms with Crippen molar-refractivity contribution in [2.24, 2.45) is 0 Å². The van der Waals surface area contributed by atoms with E-state index in [4.69, 9.17) is 16.4 Å². The summed E-state index contributed by atoms with van der Waals surface area (Å²) in [5.74, 6) is -2.40. The lowest BCUT2D eigenvalue weighted by atomic mass is 9.87. The Morgan fingerprint density at radius 2 is 1.77 bits per heavy atom. The minimum Gasteiger partial charge on any atom is -0.335 e. The monoisotopic (exact) mass is 536 g/mol. The summed E-state index contributed by atoms with van der Waals surface area (Å²) in [6, 6.07) is 7.91. The molecule has 0 spiro atoms. The van der Waals surface area contributed by atoms with Gasteiger partial charge in [0.2, 0.25) is 11.5 Å². The van der Waals surface area contributed by atoms with Crippen molar-refractivity contribution in [3.63, 3.8) is 0 Å². The Balaban J connectivity index is 1.56. The van der Waals surface area contributed by atoms with Gasteiger partial charge in [-0.15, -0.1) is 0 Å². The van der Waals surface area contributed by atoms with Crippen molar-refractivity contribution in [1.82, 2.24) is 10.4 Å². The highest BCUT2D eigenvalue weighted by molar-refractivity contribution is 7.91. The Morgan fingerprint density at radius 1 is 1.14 bits per heavy atom. The van der Waals surface area contributed by atoms with Gasteiger partial charge in [-0.2, -0.15) is 13.2 Å². The predicted molar refractivity (Wildman–Crippen MR) is 117 cm³/mol. The number of alkyl halides is 4. The molecule has 1 atom stereocenters. The van der Waals surface area contributed by atoms with Crippen LogP contribution in [0.1, 0.15) is 16.7 Å². The average Bonchev–Trinajstić information content (AvgIpc) is 3.16. The van der Waals surface area contributed by atoms with Crippen LogP contribution in [-0.4, -0.2) is 50.5 Å². The van der Waals surface area contributed by atoms with E-state index in [0.29, 0.717) is 6.07 Å². The van der Waals surface area contributed by atoms with E-state index in [1.807, 2.05) is 0 Å². The first-order valence-electron chi connectivity index (χ1n) is 10.1. The van der Waals surface area contributed by atoms with Crippen LogP contribution < -0.4 is 5.48 Å². The fourth-order valence-corrected chi connectivity index (χ4v) is 4.79. The maximum absolute atomic E-state index is 15.2. The van der Waals surface area contributed by atoms with Gasteiger partial charge >= 0.3 is 6.18 Å². The molecule has 188 valence electrons. The van der Waals surface area contributed by atoms with Gasteiger partial charge in [-0.25, -0.2) is 17.2 Å². The number of carbonyl (C=O) groups excluding carboxylic acids is 1. The molecule has 1 amide bonds. The number of sulfone groups is 1. The van der Waals surface area contributed by atoms with Crippen molar-refractivity contribution in [2.45, 2.75) is 17.4 Å². The first-order valence-corrected chi connectivity index (χ1v) is 12.5. The van der Waals surface area contributed by atoms with E-state index in [2.05, 4.69) is 5.48 Å². The zero-order chi connectivity index (χ0) is 25.8. The van der Waals surface area contributed by atoms with Gasteiger partial charge in [0.15, 0.2) is 15.5 Å². The van der Waals surface area contributed by atoms with Crippen molar-refractivity contribution in [3.8, 4) is 0 Å². The fourth-order valence-electron chi connectivity index (χ4n) is 3.94. The Kier molecular flexibility index (Phi) is 6.13. The van der Waals surface area contributed by atoms with Crippen LogP contribution in [0.15, 0.2) is 48.5 Å². The molecule has 0 saturated carbocycles. The van der Waals surface area contributed by atoms with Crippen molar-refractivity contribution in [2.75, 3.05) is 25.1 Å². The Morgan fingerprint density at radius 3 is 2.31 bits per heavy atom. The Labute approximate surface area is 202 Å². The first kappa shape index (κ1) is 25.4. The number of benzene rings is 2. The highest BCUT2D eigenvalue weighted by atomic mass is 35.5. The summed E-state index contributed by atoms with van der Waals surface area (Å²) in [6.45, 7) is -0.690. The van der Waals surface area contributed by atoms with E-state index in [1.165, 1.54) is 24.3 Å². The summed E-state index contributed by atoms with van der Waals surface area (Å²) in [6.07, 6.45) is -3.33. The smallest absolute Gasteiger partial charge is 0.335 e. The molecule has 0 bridgehead atoms. The molecule has 0 radical (unpaired) electrons. The second kappa shape index (κ2) is 8.45. The van der Waals surface area contributed by atoms with E-state index in [1.54, 1.807) is 0 Å². The van der Waals surface area contributed by atoms with E-state index < -0.39 is 50.3 Å². The molecule has 1 fully saturated rings. The summed E-state index contributed by atoms with van der Waals surface area (Å²) in [7, 11) is -3.55. The molecule has 0 aromatic heterocycles. The number of rotatable bonds is 5. The van der Waals surface area contributed by atoms with Crippen LogP contribution in [0.25, 0.3) is 5.70 Å². The molecule has 1 saturated heterocycles. The molecule has 0 aliphatic carbocycles. The number of nitrogens with zero attached hydrogens (tertiary/aromatic N) is 1. The molecule has 2 heterocycles. The lowest BCUT2D eigenvalue weighted by Crippen LogP contribution is -2.59. The van der Waals surface area contributed by atoms with E-state index in [-0.39, 0.29) is 34.9 Å². The van der Waals surface area contributed by atoms with Gasteiger partial charge in [0.05, 0.1) is 18.8 Å². The van der Waals surface area contributed by atoms with Crippen LogP contribution in [0.2, 0.25) is 5.02 Å². The molecule has 2 aromatic carbocycles. The lowest BCUT2D eigenvalue weighted by molar-refractivity contribution is -0.269. The zero-order valence-corrected chi connectivity index (χ0v) is 19.6. The normalized spacial score (nSPS) is 21.8. The largest absolute Gasteiger partial charge is 0.428 e. The zero-order valence-electron chi connectivity index (χ0n) is 18.0. The molecule has 6 nitrogen and oxygen atoms in total. The molecule has 1 unspecified atom stereocenters. The number of halogens is 6. The van der Waals surface area contributed by atoms with Crippen LogP contribution in [0.3, 0.4) is 0 Å². The minimum absolute atomic E-state index is 0.0827. The molecule has 13 heteroatoms. The van der Waals surface area contributed by atoms with Crippen molar-refractivity contribution < 1.29 is 40.0 Å². The minimum atomic E-state index is -4.98. The fraction of sp³-hybridized carbons (Fsp3) is 0.318. The third-order valence-corrected chi connectivity index (χ3v) is 6.71. The van der Waals surface area contributed by atoms with Crippen LogP contribution in [0.4, 0.5) is 22.0 Å². The molecular formula is C22H18ClF5N2O4S. The highest BCUT2D eigenvalue weighted by Crippen LogP contribution is 2.48. The quantitative estimate of drug-likeness (QED) is 0.587. The Hall–Kier alpha value is -2.70. The van der Waals surface area contributed by atoms with Gasteiger partial charge in [0.25, 0.3) is 0 Å². The number of nitrogens with one attached hydrogen (secondary N) is 1.